The average Bonchev–Trinajstić information content (AvgIpc) is 2.96. The van der Waals surface area contributed by atoms with Gasteiger partial charge < -0.3 is 11.1 Å². The number of carbonyl (C=O) groups excluding carboxylic acids is 1. The molecule has 1 atom stereocenters. The van der Waals surface area contributed by atoms with Crippen LogP contribution in [0.3, 0.4) is 0 Å². The van der Waals surface area contributed by atoms with Crippen molar-refractivity contribution < 1.29 is 4.79 Å². The summed E-state index contributed by atoms with van der Waals surface area (Å²) < 4.78 is 0. The van der Waals surface area contributed by atoms with E-state index >= 15 is 0 Å². The Hall–Kier alpha value is -2.14. The summed E-state index contributed by atoms with van der Waals surface area (Å²) in [6, 6.07) is 7.27. The number of nitrogens with one attached hydrogen (secondary N) is 1. The molecule has 1 amide bonds. The molecule has 1 heterocycles. The van der Waals surface area contributed by atoms with Crippen LogP contribution in [0.5, 0.6) is 0 Å². The van der Waals surface area contributed by atoms with Crippen molar-refractivity contribution >= 4 is 29.0 Å². The van der Waals surface area contributed by atoms with Gasteiger partial charge in [-0.25, -0.2) is 4.98 Å². The van der Waals surface area contributed by atoms with Crippen molar-refractivity contribution in [2.75, 3.05) is 5.73 Å². The molecule has 0 aliphatic carbocycles. The van der Waals surface area contributed by atoms with Crippen LogP contribution in [0.25, 0.3) is 6.08 Å². The zero-order valence-electron chi connectivity index (χ0n) is 12.2. The number of nitrogens with zero attached hydrogens (tertiary/aromatic N) is 1. The van der Waals surface area contributed by atoms with Crippen LogP contribution < -0.4 is 11.1 Å². The standard InChI is InChI=1S/C16H19N3OS/c1-3-14-10-18-16(21-14)11(2)19-15(20)9-6-12-4-7-13(17)8-5-12/h4-11H,3,17H2,1-2H3,(H,19,20)/b9-6+. The van der Waals surface area contributed by atoms with Crippen LogP contribution in [0.2, 0.25) is 0 Å². The van der Waals surface area contributed by atoms with E-state index in [9.17, 15) is 4.79 Å². The lowest BCUT2D eigenvalue weighted by Gasteiger charge is -2.08. The molecule has 1 unspecified atom stereocenters. The van der Waals surface area contributed by atoms with E-state index in [1.165, 1.54) is 11.0 Å². The molecule has 110 valence electrons. The molecule has 0 saturated heterocycles. The smallest absolute Gasteiger partial charge is 0.244 e. The molecule has 2 rings (SSSR count). The van der Waals surface area contributed by atoms with Crippen LogP contribution in [-0.4, -0.2) is 10.9 Å². The molecule has 1 aromatic carbocycles. The highest BCUT2D eigenvalue weighted by molar-refractivity contribution is 7.11. The highest BCUT2D eigenvalue weighted by Crippen LogP contribution is 2.20. The second-order valence-electron chi connectivity index (χ2n) is 4.75. The third-order valence-corrected chi connectivity index (χ3v) is 4.34. The van der Waals surface area contributed by atoms with Gasteiger partial charge in [0.05, 0.1) is 6.04 Å². The fourth-order valence-electron chi connectivity index (χ4n) is 1.79. The molecule has 3 N–H and O–H groups in total. The number of hydrogen-bond acceptors (Lipinski definition) is 4. The number of aromatic nitrogens is 1. The van der Waals surface area contributed by atoms with Gasteiger partial charge in [-0.2, -0.15) is 0 Å². The summed E-state index contributed by atoms with van der Waals surface area (Å²) in [7, 11) is 0. The predicted octanol–water partition coefficient (Wildman–Crippen LogP) is 3.18. The maximum Gasteiger partial charge on any atom is 0.244 e. The molecular formula is C16H19N3OS. The highest BCUT2D eigenvalue weighted by atomic mass is 32.1. The second-order valence-corrected chi connectivity index (χ2v) is 5.90. The van der Waals surface area contributed by atoms with Crippen molar-refractivity contribution in [3.05, 3.63) is 52.0 Å². The molecule has 5 heteroatoms. The molecule has 0 aliphatic heterocycles. The number of carbonyl (C=O) groups is 1. The quantitative estimate of drug-likeness (QED) is 0.658. The van der Waals surface area contributed by atoms with E-state index in [1.807, 2.05) is 37.4 Å². The van der Waals surface area contributed by atoms with Gasteiger partial charge in [-0.3, -0.25) is 4.79 Å². The van der Waals surface area contributed by atoms with Gasteiger partial charge in [0.2, 0.25) is 5.91 Å². The summed E-state index contributed by atoms with van der Waals surface area (Å²) in [6.45, 7) is 4.03. The summed E-state index contributed by atoms with van der Waals surface area (Å²) in [4.78, 5) is 17.5. The third-order valence-electron chi connectivity index (χ3n) is 3.01. The van der Waals surface area contributed by atoms with Crippen LogP contribution in [0.15, 0.2) is 36.5 Å². The van der Waals surface area contributed by atoms with E-state index in [2.05, 4.69) is 17.2 Å². The SMILES string of the molecule is CCc1cnc(C(C)NC(=O)/C=C/c2ccc(N)cc2)s1. The van der Waals surface area contributed by atoms with Gasteiger partial charge in [-0.1, -0.05) is 19.1 Å². The molecule has 0 saturated carbocycles. The van der Waals surface area contributed by atoms with Crippen LogP contribution in [0.1, 0.15) is 35.3 Å². The number of aryl methyl sites for hydroxylation is 1. The summed E-state index contributed by atoms with van der Waals surface area (Å²) in [5.41, 5.74) is 7.27. The van der Waals surface area contributed by atoms with Gasteiger partial charge in [0, 0.05) is 22.8 Å². The number of anilines is 1. The average molecular weight is 301 g/mol. The fourth-order valence-corrected chi connectivity index (χ4v) is 2.65. The molecule has 2 aromatic rings. The molecule has 21 heavy (non-hydrogen) atoms. The molecular weight excluding hydrogens is 282 g/mol. The van der Waals surface area contributed by atoms with Gasteiger partial charge in [-0.05, 0) is 37.1 Å². The summed E-state index contributed by atoms with van der Waals surface area (Å²) in [5.74, 6) is -0.132. The minimum absolute atomic E-state index is 0.0844. The Bertz CT molecular complexity index is 631. The number of rotatable bonds is 5. The van der Waals surface area contributed by atoms with Crippen LogP contribution in [0, 0.1) is 0 Å². The highest BCUT2D eigenvalue weighted by Gasteiger charge is 2.11. The van der Waals surface area contributed by atoms with E-state index in [0.29, 0.717) is 5.69 Å². The van der Waals surface area contributed by atoms with Crippen molar-refractivity contribution in [1.82, 2.24) is 10.3 Å². The largest absolute Gasteiger partial charge is 0.399 e. The van der Waals surface area contributed by atoms with Crippen molar-refractivity contribution in [2.24, 2.45) is 0 Å². The first-order valence-electron chi connectivity index (χ1n) is 6.87. The van der Waals surface area contributed by atoms with Crippen molar-refractivity contribution in [3.63, 3.8) is 0 Å². The van der Waals surface area contributed by atoms with Gasteiger partial charge in [0.15, 0.2) is 0 Å². The lowest BCUT2D eigenvalue weighted by atomic mass is 10.2. The zero-order valence-corrected chi connectivity index (χ0v) is 13.0. The van der Waals surface area contributed by atoms with E-state index < -0.39 is 0 Å². The molecule has 1 aromatic heterocycles. The van der Waals surface area contributed by atoms with E-state index in [0.717, 1.165) is 17.0 Å². The Morgan fingerprint density at radius 1 is 1.43 bits per heavy atom. The van der Waals surface area contributed by atoms with Gasteiger partial charge in [0.25, 0.3) is 0 Å². The minimum Gasteiger partial charge on any atom is -0.399 e. The normalized spacial score (nSPS) is 12.5. The minimum atomic E-state index is -0.132. The molecule has 0 bridgehead atoms. The third kappa shape index (κ3) is 4.43. The number of nitrogen functional groups attached to an aromatic ring is 1. The first-order chi connectivity index (χ1) is 10.1. The summed E-state index contributed by atoms with van der Waals surface area (Å²) in [6.07, 6.45) is 6.12. The molecule has 0 fully saturated rings. The lowest BCUT2D eigenvalue weighted by Crippen LogP contribution is -2.24. The number of nitrogens with two attached hydrogens (primary N) is 1. The monoisotopic (exact) mass is 301 g/mol. The lowest BCUT2D eigenvalue weighted by molar-refractivity contribution is -0.117. The number of benzene rings is 1. The summed E-state index contributed by atoms with van der Waals surface area (Å²) >= 11 is 1.64. The summed E-state index contributed by atoms with van der Waals surface area (Å²) in [5, 5.41) is 3.84. The van der Waals surface area contributed by atoms with Crippen molar-refractivity contribution in [2.45, 2.75) is 26.3 Å². The number of thiazole rings is 1. The van der Waals surface area contributed by atoms with E-state index in [1.54, 1.807) is 17.4 Å². The molecule has 4 nitrogen and oxygen atoms in total. The Morgan fingerprint density at radius 3 is 2.76 bits per heavy atom. The second kappa shape index (κ2) is 7.04. The van der Waals surface area contributed by atoms with Crippen LogP contribution >= 0.6 is 11.3 Å². The molecule has 0 aliphatic rings. The van der Waals surface area contributed by atoms with Gasteiger partial charge >= 0.3 is 0 Å². The molecule has 0 radical (unpaired) electrons. The maximum atomic E-state index is 11.9. The topological polar surface area (TPSA) is 68.0 Å². The van der Waals surface area contributed by atoms with Gasteiger partial charge in [0.1, 0.15) is 5.01 Å². The number of amides is 1. The van der Waals surface area contributed by atoms with Crippen molar-refractivity contribution in [1.29, 1.82) is 0 Å². The van der Waals surface area contributed by atoms with E-state index in [4.69, 9.17) is 5.73 Å². The van der Waals surface area contributed by atoms with Crippen LogP contribution in [-0.2, 0) is 11.2 Å². The predicted molar refractivity (Wildman–Crippen MR) is 87.9 cm³/mol. The maximum absolute atomic E-state index is 11.9. The first-order valence-corrected chi connectivity index (χ1v) is 7.69. The van der Waals surface area contributed by atoms with Gasteiger partial charge in [-0.15, -0.1) is 11.3 Å². The fraction of sp³-hybridized carbons (Fsp3) is 0.250. The van der Waals surface area contributed by atoms with E-state index in [-0.39, 0.29) is 11.9 Å². The Balaban J connectivity index is 1.93. The molecule has 0 spiro atoms. The Morgan fingerprint density at radius 2 is 2.14 bits per heavy atom. The zero-order chi connectivity index (χ0) is 15.2. The Kier molecular flexibility index (Phi) is 5.11. The number of hydrogen-bond donors (Lipinski definition) is 2. The van der Waals surface area contributed by atoms with Crippen molar-refractivity contribution in [3.8, 4) is 0 Å². The van der Waals surface area contributed by atoms with Crippen LogP contribution in [0.4, 0.5) is 5.69 Å². The Labute approximate surface area is 128 Å². The first kappa shape index (κ1) is 15.3.